The highest BCUT2D eigenvalue weighted by Gasteiger charge is 2.23. The number of esters is 1. The number of nitrogens with zero attached hydrogens (tertiary/aromatic N) is 1. The van der Waals surface area contributed by atoms with Crippen LogP contribution in [0.2, 0.25) is 0 Å². The topological polar surface area (TPSA) is 68.3 Å². The van der Waals surface area contributed by atoms with Gasteiger partial charge in [-0.15, -0.1) is 11.3 Å². The summed E-state index contributed by atoms with van der Waals surface area (Å²) in [6.45, 7) is 3.71. The average Bonchev–Trinajstić information content (AvgIpc) is 3.09. The summed E-state index contributed by atoms with van der Waals surface area (Å²) in [6.07, 6.45) is -0.886. The maximum Gasteiger partial charge on any atom is 0.351 e. The molecule has 0 unspecified atom stereocenters. The van der Waals surface area contributed by atoms with Gasteiger partial charge in [0.25, 0.3) is 5.91 Å². The number of nitrogens with one attached hydrogen (secondary N) is 1. The van der Waals surface area contributed by atoms with Crippen LogP contribution in [-0.4, -0.2) is 23.0 Å². The van der Waals surface area contributed by atoms with Gasteiger partial charge in [0.05, 0.1) is 5.69 Å². The molecule has 1 heterocycles. The minimum Gasteiger partial charge on any atom is -0.448 e. The van der Waals surface area contributed by atoms with E-state index in [-0.39, 0.29) is 5.91 Å². The summed E-state index contributed by atoms with van der Waals surface area (Å²) < 4.78 is 5.34. The normalized spacial score (nSPS) is 11.6. The van der Waals surface area contributed by atoms with Crippen LogP contribution in [0.15, 0.2) is 60.7 Å². The number of aryl methyl sites for hydroxylation is 1. The highest BCUT2D eigenvalue weighted by Crippen LogP contribution is 2.28. The van der Waals surface area contributed by atoms with Gasteiger partial charge in [0, 0.05) is 12.1 Å². The van der Waals surface area contributed by atoms with Crippen molar-refractivity contribution >= 4 is 23.2 Å². The van der Waals surface area contributed by atoms with Gasteiger partial charge < -0.3 is 10.1 Å². The Labute approximate surface area is 162 Å². The molecule has 1 aromatic heterocycles. The molecule has 6 heteroatoms. The Kier molecular flexibility index (Phi) is 5.98. The Morgan fingerprint density at radius 2 is 1.70 bits per heavy atom. The number of benzene rings is 2. The second-order valence-corrected chi connectivity index (χ2v) is 7.05. The van der Waals surface area contributed by atoms with Crippen LogP contribution in [0.3, 0.4) is 0 Å². The van der Waals surface area contributed by atoms with Gasteiger partial charge in [-0.1, -0.05) is 60.7 Å². The molecule has 3 aromatic rings. The van der Waals surface area contributed by atoms with Gasteiger partial charge in [-0.05, 0) is 19.4 Å². The van der Waals surface area contributed by atoms with Crippen LogP contribution in [-0.2, 0) is 16.1 Å². The van der Waals surface area contributed by atoms with Crippen molar-refractivity contribution in [2.75, 3.05) is 0 Å². The van der Waals surface area contributed by atoms with Gasteiger partial charge in [0.1, 0.15) is 9.88 Å². The molecule has 1 N–H and O–H groups in total. The van der Waals surface area contributed by atoms with E-state index in [1.807, 2.05) is 60.7 Å². The van der Waals surface area contributed by atoms with E-state index in [9.17, 15) is 9.59 Å². The summed E-state index contributed by atoms with van der Waals surface area (Å²) in [5, 5.41) is 3.52. The lowest BCUT2D eigenvalue weighted by Gasteiger charge is -2.13. The van der Waals surface area contributed by atoms with E-state index in [0.717, 1.165) is 16.1 Å². The van der Waals surface area contributed by atoms with E-state index in [2.05, 4.69) is 10.3 Å². The first-order chi connectivity index (χ1) is 13.0. The van der Waals surface area contributed by atoms with Crippen molar-refractivity contribution in [2.24, 2.45) is 0 Å². The van der Waals surface area contributed by atoms with Crippen LogP contribution in [0.1, 0.15) is 27.9 Å². The highest BCUT2D eigenvalue weighted by molar-refractivity contribution is 7.17. The summed E-state index contributed by atoms with van der Waals surface area (Å²) in [5.74, 6) is -0.868. The number of aromatic nitrogens is 1. The van der Waals surface area contributed by atoms with Gasteiger partial charge >= 0.3 is 5.97 Å². The molecule has 5 nitrogen and oxygen atoms in total. The SMILES string of the molecule is Cc1nc(-c2ccccc2)sc1C(=O)O[C@@H](C)C(=O)NCc1ccccc1. The molecule has 1 amide bonds. The Balaban J connectivity index is 1.61. The minimum absolute atomic E-state index is 0.336. The van der Waals surface area contributed by atoms with E-state index in [1.165, 1.54) is 11.3 Å². The molecule has 0 radical (unpaired) electrons. The zero-order valence-corrected chi connectivity index (χ0v) is 16.0. The van der Waals surface area contributed by atoms with Crippen molar-refractivity contribution in [3.05, 3.63) is 76.8 Å². The Hall–Kier alpha value is -2.99. The minimum atomic E-state index is -0.886. The van der Waals surface area contributed by atoms with Crippen molar-refractivity contribution in [1.82, 2.24) is 10.3 Å². The molecule has 0 fully saturated rings. The lowest BCUT2D eigenvalue weighted by Crippen LogP contribution is -2.35. The molecule has 27 heavy (non-hydrogen) atoms. The number of amides is 1. The first-order valence-electron chi connectivity index (χ1n) is 8.60. The smallest absolute Gasteiger partial charge is 0.351 e. The molecule has 138 valence electrons. The third-order valence-corrected chi connectivity index (χ3v) is 5.15. The van der Waals surface area contributed by atoms with E-state index in [4.69, 9.17) is 4.74 Å². The quantitative estimate of drug-likeness (QED) is 0.657. The largest absolute Gasteiger partial charge is 0.448 e. The van der Waals surface area contributed by atoms with Crippen LogP contribution >= 0.6 is 11.3 Å². The fourth-order valence-corrected chi connectivity index (χ4v) is 3.44. The number of rotatable bonds is 6. The molecule has 0 aliphatic heterocycles. The molecule has 0 spiro atoms. The van der Waals surface area contributed by atoms with E-state index < -0.39 is 12.1 Å². The van der Waals surface area contributed by atoms with Gasteiger partial charge in [-0.2, -0.15) is 0 Å². The number of carbonyl (C=O) groups is 2. The van der Waals surface area contributed by atoms with Crippen molar-refractivity contribution in [3.8, 4) is 10.6 Å². The second kappa shape index (κ2) is 8.60. The summed E-state index contributed by atoms with van der Waals surface area (Å²) in [4.78, 5) is 29.5. The number of hydrogen-bond acceptors (Lipinski definition) is 5. The van der Waals surface area contributed by atoms with E-state index in [0.29, 0.717) is 17.1 Å². The van der Waals surface area contributed by atoms with Crippen LogP contribution in [0, 0.1) is 6.92 Å². The second-order valence-electron chi connectivity index (χ2n) is 6.05. The van der Waals surface area contributed by atoms with E-state index in [1.54, 1.807) is 13.8 Å². The zero-order chi connectivity index (χ0) is 19.2. The summed E-state index contributed by atoms with van der Waals surface area (Å²) in [6, 6.07) is 19.2. The molecule has 0 saturated heterocycles. The number of ether oxygens (including phenoxy) is 1. The predicted molar refractivity (Wildman–Crippen MR) is 105 cm³/mol. The van der Waals surface area contributed by atoms with Crippen LogP contribution < -0.4 is 5.32 Å². The lowest BCUT2D eigenvalue weighted by atomic mass is 10.2. The summed E-state index contributed by atoms with van der Waals surface area (Å²) in [7, 11) is 0. The molecule has 0 saturated carbocycles. The monoisotopic (exact) mass is 380 g/mol. The maximum absolute atomic E-state index is 12.5. The highest BCUT2D eigenvalue weighted by atomic mass is 32.1. The number of carbonyl (C=O) groups excluding carboxylic acids is 2. The molecule has 1 atom stereocenters. The predicted octanol–water partition coefficient (Wildman–Crippen LogP) is 3.98. The van der Waals surface area contributed by atoms with Crippen LogP contribution in [0.5, 0.6) is 0 Å². The van der Waals surface area contributed by atoms with Crippen molar-refractivity contribution in [3.63, 3.8) is 0 Å². The molecular formula is C21H20N2O3S. The van der Waals surface area contributed by atoms with Gasteiger partial charge in [-0.25, -0.2) is 9.78 Å². The molecule has 0 bridgehead atoms. The van der Waals surface area contributed by atoms with Crippen molar-refractivity contribution in [1.29, 1.82) is 0 Å². The Bertz CT molecular complexity index is 923. The average molecular weight is 380 g/mol. The Morgan fingerprint density at radius 3 is 2.37 bits per heavy atom. The zero-order valence-electron chi connectivity index (χ0n) is 15.1. The van der Waals surface area contributed by atoms with Gasteiger partial charge in [0.15, 0.2) is 6.10 Å². The lowest BCUT2D eigenvalue weighted by molar-refractivity contribution is -0.129. The molecule has 0 aliphatic rings. The third-order valence-electron chi connectivity index (χ3n) is 3.97. The number of thiazole rings is 1. The molecule has 2 aromatic carbocycles. The molecule has 0 aliphatic carbocycles. The maximum atomic E-state index is 12.5. The first kappa shape index (κ1) is 18.8. The number of hydrogen-bond donors (Lipinski definition) is 1. The molecular weight excluding hydrogens is 360 g/mol. The van der Waals surface area contributed by atoms with E-state index >= 15 is 0 Å². The van der Waals surface area contributed by atoms with Crippen molar-refractivity contribution in [2.45, 2.75) is 26.5 Å². The Morgan fingerprint density at radius 1 is 1.07 bits per heavy atom. The molecule has 3 rings (SSSR count). The standard InChI is InChI=1S/C21H20N2O3S/c1-14-18(27-20(23-14)17-11-7-4-8-12-17)21(25)26-15(2)19(24)22-13-16-9-5-3-6-10-16/h3-12,15H,13H2,1-2H3,(H,22,24)/t15-/m0/s1. The van der Waals surface area contributed by atoms with Crippen molar-refractivity contribution < 1.29 is 14.3 Å². The van der Waals surface area contributed by atoms with Gasteiger partial charge in [0.2, 0.25) is 0 Å². The third kappa shape index (κ3) is 4.80. The van der Waals surface area contributed by atoms with Gasteiger partial charge in [-0.3, -0.25) is 4.79 Å². The first-order valence-corrected chi connectivity index (χ1v) is 9.41. The fraction of sp³-hybridized carbons (Fsp3) is 0.190. The van der Waals surface area contributed by atoms with Crippen LogP contribution in [0.25, 0.3) is 10.6 Å². The summed E-state index contributed by atoms with van der Waals surface area (Å²) in [5.41, 5.74) is 2.52. The van der Waals surface area contributed by atoms with Crippen LogP contribution in [0.4, 0.5) is 0 Å². The fourth-order valence-electron chi connectivity index (χ4n) is 2.49. The summed E-state index contributed by atoms with van der Waals surface area (Å²) >= 11 is 1.27.